The Morgan fingerprint density at radius 3 is 2.65 bits per heavy atom. The van der Waals surface area contributed by atoms with Crippen LogP contribution < -0.4 is 0 Å². The molecule has 0 aliphatic carbocycles. The molecule has 1 aromatic heterocycles. The molecule has 0 saturated carbocycles. The highest BCUT2D eigenvalue weighted by Gasteiger charge is 2.44. The van der Waals surface area contributed by atoms with Crippen molar-refractivity contribution < 1.29 is 9.18 Å². The van der Waals surface area contributed by atoms with E-state index in [2.05, 4.69) is 4.98 Å². The molecule has 1 aromatic rings. The van der Waals surface area contributed by atoms with Crippen LogP contribution in [0, 0.1) is 12.7 Å². The average molecular weight is 236 g/mol. The van der Waals surface area contributed by atoms with Crippen LogP contribution in [0.5, 0.6) is 0 Å². The van der Waals surface area contributed by atoms with Gasteiger partial charge in [-0.25, -0.2) is 4.39 Å². The van der Waals surface area contributed by atoms with E-state index in [1.54, 1.807) is 25.1 Å². The number of aromatic nitrogens is 1. The topological polar surface area (TPSA) is 33.2 Å². The lowest BCUT2D eigenvalue weighted by Gasteiger charge is -2.26. The van der Waals surface area contributed by atoms with Crippen molar-refractivity contribution in [3.05, 3.63) is 29.3 Å². The predicted molar refractivity (Wildman–Crippen MR) is 63.1 cm³/mol. The molecule has 92 valence electrons. The number of pyridine rings is 1. The third-order valence-corrected chi connectivity index (χ3v) is 3.58. The molecule has 0 bridgehead atoms. The first-order valence-electron chi connectivity index (χ1n) is 5.72. The van der Waals surface area contributed by atoms with Gasteiger partial charge in [0, 0.05) is 18.8 Å². The van der Waals surface area contributed by atoms with Crippen LogP contribution in [0.1, 0.15) is 37.4 Å². The van der Waals surface area contributed by atoms with Crippen molar-refractivity contribution in [2.75, 3.05) is 7.05 Å². The van der Waals surface area contributed by atoms with E-state index in [1.165, 1.54) is 6.07 Å². The van der Waals surface area contributed by atoms with Crippen molar-refractivity contribution in [1.82, 2.24) is 9.88 Å². The normalized spacial score (nSPS) is 23.2. The molecule has 1 aliphatic rings. The number of aryl methyl sites for hydroxylation is 1. The Kier molecular flexibility index (Phi) is 2.68. The van der Waals surface area contributed by atoms with Gasteiger partial charge in [0.25, 0.3) is 0 Å². The van der Waals surface area contributed by atoms with Crippen LogP contribution in [-0.2, 0) is 4.79 Å². The van der Waals surface area contributed by atoms with E-state index < -0.39 is 5.92 Å². The van der Waals surface area contributed by atoms with E-state index in [0.717, 1.165) is 5.56 Å². The van der Waals surface area contributed by atoms with E-state index in [9.17, 15) is 9.18 Å². The number of amides is 1. The van der Waals surface area contributed by atoms with Gasteiger partial charge in [0.2, 0.25) is 5.91 Å². The van der Waals surface area contributed by atoms with Gasteiger partial charge in [0.05, 0.1) is 11.6 Å². The van der Waals surface area contributed by atoms with Crippen molar-refractivity contribution in [2.24, 2.45) is 0 Å². The Morgan fingerprint density at radius 2 is 2.18 bits per heavy atom. The van der Waals surface area contributed by atoms with Crippen LogP contribution in [-0.4, -0.2) is 28.4 Å². The third kappa shape index (κ3) is 1.92. The molecule has 0 N–H and O–H groups in total. The number of nitrogens with zero attached hydrogens (tertiary/aromatic N) is 2. The van der Waals surface area contributed by atoms with Crippen molar-refractivity contribution in [3.8, 4) is 0 Å². The number of carbonyl (C=O) groups is 1. The highest BCUT2D eigenvalue weighted by atomic mass is 19.1. The summed E-state index contributed by atoms with van der Waals surface area (Å²) < 4.78 is 13.8. The number of likely N-dealkylation sites (N-methyl/N-ethyl adjacent to an activating group) is 1. The largest absolute Gasteiger partial charge is 0.340 e. The lowest BCUT2D eigenvalue weighted by Crippen LogP contribution is -2.37. The first-order valence-corrected chi connectivity index (χ1v) is 5.72. The fraction of sp³-hybridized carbons (Fsp3) is 0.538. The molecule has 1 amide bonds. The van der Waals surface area contributed by atoms with Crippen molar-refractivity contribution >= 4 is 5.91 Å². The van der Waals surface area contributed by atoms with E-state index in [-0.39, 0.29) is 23.0 Å². The van der Waals surface area contributed by atoms with Crippen LogP contribution in [0.3, 0.4) is 0 Å². The summed E-state index contributed by atoms with van der Waals surface area (Å²) in [5, 5.41) is 0. The van der Waals surface area contributed by atoms with Gasteiger partial charge in [0.1, 0.15) is 5.82 Å². The molecule has 4 heteroatoms. The number of hydrogen-bond donors (Lipinski definition) is 0. The molecular weight excluding hydrogens is 219 g/mol. The molecule has 0 radical (unpaired) electrons. The minimum atomic E-state index is -0.449. The summed E-state index contributed by atoms with van der Waals surface area (Å²) in [4.78, 5) is 17.8. The smallest absolute Gasteiger partial charge is 0.232 e. The fourth-order valence-electron chi connectivity index (χ4n) is 2.27. The first-order chi connectivity index (χ1) is 7.83. The highest BCUT2D eigenvalue weighted by molar-refractivity contribution is 5.86. The van der Waals surface area contributed by atoms with Gasteiger partial charge in [-0.3, -0.25) is 9.78 Å². The van der Waals surface area contributed by atoms with E-state index in [4.69, 9.17) is 0 Å². The van der Waals surface area contributed by atoms with E-state index in [1.807, 2.05) is 13.8 Å². The molecule has 1 unspecified atom stereocenters. The summed E-state index contributed by atoms with van der Waals surface area (Å²) in [7, 11) is 1.76. The van der Waals surface area contributed by atoms with Crippen LogP contribution in [0.2, 0.25) is 0 Å². The fourth-order valence-corrected chi connectivity index (χ4v) is 2.27. The zero-order valence-corrected chi connectivity index (χ0v) is 10.6. The van der Waals surface area contributed by atoms with Gasteiger partial charge in [-0.15, -0.1) is 0 Å². The van der Waals surface area contributed by atoms with Gasteiger partial charge >= 0.3 is 0 Å². The summed E-state index contributed by atoms with van der Waals surface area (Å²) in [5.41, 5.74) is 0.808. The van der Waals surface area contributed by atoms with Gasteiger partial charge in [-0.05, 0) is 38.8 Å². The second-order valence-corrected chi connectivity index (χ2v) is 5.35. The van der Waals surface area contributed by atoms with Gasteiger partial charge in [0.15, 0.2) is 0 Å². The van der Waals surface area contributed by atoms with E-state index >= 15 is 0 Å². The van der Waals surface area contributed by atoms with Crippen LogP contribution in [0.4, 0.5) is 4.39 Å². The second-order valence-electron chi connectivity index (χ2n) is 5.35. The lowest BCUT2D eigenvalue weighted by molar-refractivity contribution is -0.130. The maximum absolute atomic E-state index is 13.8. The lowest BCUT2D eigenvalue weighted by atomic mass is 9.93. The SMILES string of the molecule is Cc1cnc(C2CC(C)(C)N(C)C2=O)c(F)c1. The predicted octanol–water partition coefficient (Wildman–Crippen LogP) is 2.25. The maximum Gasteiger partial charge on any atom is 0.232 e. The zero-order chi connectivity index (χ0) is 12.8. The minimum absolute atomic E-state index is 0.0507. The Balaban J connectivity index is 2.39. The molecule has 3 nitrogen and oxygen atoms in total. The Labute approximate surface area is 101 Å². The molecule has 1 saturated heterocycles. The number of likely N-dealkylation sites (tertiary alicyclic amines) is 1. The number of rotatable bonds is 1. The molecule has 2 rings (SSSR count). The maximum atomic E-state index is 13.8. The molecule has 0 aromatic carbocycles. The molecule has 1 atom stereocenters. The quantitative estimate of drug-likeness (QED) is 0.749. The van der Waals surface area contributed by atoms with E-state index in [0.29, 0.717) is 6.42 Å². The minimum Gasteiger partial charge on any atom is -0.340 e. The summed E-state index contributed by atoms with van der Waals surface area (Å²) >= 11 is 0. The Hall–Kier alpha value is -1.45. The van der Waals surface area contributed by atoms with Crippen LogP contribution >= 0.6 is 0 Å². The highest BCUT2D eigenvalue weighted by Crippen LogP contribution is 2.38. The van der Waals surface area contributed by atoms with Gasteiger partial charge in [-0.2, -0.15) is 0 Å². The Bertz CT molecular complexity index is 470. The van der Waals surface area contributed by atoms with Crippen LogP contribution in [0.15, 0.2) is 12.3 Å². The molecular formula is C13H17FN2O. The van der Waals surface area contributed by atoms with Crippen LogP contribution in [0.25, 0.3) is 0 Å². The standard InChI is InChI=1S/C13H17FN2O/c1-8-5-10(14)11(15-7-8)9-6-13(2,3)16(4)12(9)17/h5,7,9H,6H2,1-4H3. The summed E-state index contributed by atoms with van der Waals surface area (Å²) in [6.07, 6.45) is 2.21. The Morgan fingerprint density at radius 1 is 1.53 bits per heavy atom. The van der Waals surface area contributed by atoms with Gasteiger partial charge < -0.3 is 4.90 Å². The molecule has 2 heterocycles. The summed E-state index contributed by atoms with van der Waals surface area (Å²) in [5.74, 6) is -0.879. The number of hydrogen-bond acceptors (Lipinski definition) is 2. The monoisotopic (exact) mass is 236 g/mol. The summed E-state index contributed by atoms with van der Waals surface area (Å²) in [6.45, 7) is 5.75. The molecule has 17 heavy (non-hydrogen) atoms. The second kappa shape index (κ2) is 3.79. The molecule has 0 spiro atoms. The first kappa shape index (κ1) is 12.0. The van der Waals surface area contributed by atoms with Crippen molar-refractivity contribution in [1.29, 1.82) is 0 Å². The zero-order valence-electron chi connectivity index (χ0n) is 10.6. The summed E-state index contributed by atoms with van der Waals surface area (Å²) in [6, 6.07) is 1.43. The molecule has 1 fully saturated rings. The third-order valence-electron chi connectivity index (χ3n) is 3.58. The molecule has 1 aliphatic heterocycles. The van der Waals surface area contributed by atoms with Crippen molar-refractivity contribution in [3.63, 3.8) is 0 Å². The number of halogens is 1. The number of carbonyl (C=O) groups excluding carboxylic acids is 1. The van der Waals surface area contributed by atoms with Gasteiger partial charge in [-0.1, -0.05) is 0 Å². The average Bonchev–Trinajstić information content (AvgIpc) is 2.42. The van der Waals surface area contributed by atoms with Crippen molar-refractivity contribution in [2.45, 2.75) is 38.6 Å².